The highest BCUT2D eigenvalue weighted by molar-refractivity contribution is 6.35. The number of halogens is 2. The molecule has 0 unspecified atom stereocenters. The van der Waals surface area contributed by atoms with Crippen molar-refractivity contribution < 1.29 is 4.74 Å². The van der Waals surface area contributed by atoms with Gasteiger partial charge in [0.15, 0.2) is 0 Å². The van der Waals surface area contributed by atoms with Crippen LogP contribution in [0.3, 0.4) is 0 Å². The van der Waals surface area contributed by atoms with Gasteiger partial charge in [-0.25, -0.2) is 0 Å². The molecule has 0 saturated heterocycles. The Bertz CT molecular complexity index is 599. The summed E-state index contributed by atoms with van der Waals surface area (Å²) in [5.74, 6) is 1.38. The molecule has 4 heteroatoms. The second kappa shape index (κ2) is 7.58. The third-order valence-electron chi connectivity index (χ3n) is 3.14. The Labute approximate surface area is 136 Å². The van der Waals surface area contributed by atoms with Crippen LogP contribution < -0.4 is 10.1 Å². The van der Waals surface area contributed by atoms with Crippen LogP contribution in [-0.4, -0.2) is 13.2 Å². The smallest absolute Gasteiger partial charge is 0.122 e. The molecule has 0 aliphatic heterocycles. The van der Waals surface area contributed by atoms with Crippen LogP contribution in [0, 0.1) is 0 Å². The first-order valence-electron chi connectivity index (χ1n) is 6.98. The van der Waals surface area contributed by atoms with Crippen LogP contribution in [-0.2, 0) is 0 Å². The molecular formula is C17H19Cl2NO. The summed E-state index contributed by atoms with van der Waals surface area (Å²) in [4.78, 5) is 0. The largest absolute Gasteiger partial charge is 0.491 e. The van der Waals surface area contributed by atoms with Crippen molar-refractivity contribution in [2.24, 2.45) is 0 Å². The second-order valence-electron chi connectivity index (χ2n) is 5.09. The van der Waals surface area contributed by atoms with E-state index in [2.05, 4.69) is 25.2 Å². The Hall–Kier alpha value is -1.38. The first kappa shape index (κ1) is 16.0. The minimum absolute atomic E-state index is 0.441. The highest BCUT2D eigenvalue weighted by Gasteiger charge is 2.06. The summed E-state index contributed by atoms with van der Waals surface area (Å²) in [6.45, 7) is 5.54. The molecule has 0 saturated carbocycles. The summed E-state index contributed by atoms with van der Waals surface area (Å²) in [5, 5.41) is 4.55. The van der Waals surface area contributed by atoms with Crippen LogP contribution in [0.15, 0.2) is 42.5 Å². The van der Waals surface area contributed by atoms with Crippen LogP contribution in [0.25, 0.3) is 0 Å². The van der Waals surface area contributed by atoms with Gasteiger partial charge in [0.2, 0.25) is 0 Å². The first-order chi connectivity index (χ1) is 10.1. The number of benzene rings is 2. The van der Waals surface area contributed by atoms with E-state index < -0.39 is 0 Å². The third kappa shape index (κ3) is 4.55. The number of ether oxygens (including phenoxy) is 1. The zero-order valence-corrected chi connectivity index (χ0v) is 13.7. The van der Waals surface area contributed by atoms with Gasteiger partial charge in [-0.15, -0.1) is 0 Å². The van der Waals surface area contributed by atoms with Gasteiger partial charge in [-0.3, -0.25) is 0 Å². The summed E-state index contributed by atoms with van der Waals surface area (Å²) in [6, 6.07) is 13.5. The minimum atomic E-state index is 0.441. The fourth-order valence-electron chi connectivity index (χ4n) is 2.07. The van der Waals surface area contributed by atoms with Gasteiger partial charge < -0.3 is 10.1 Å². The zero-order chi connectivity index (χ0) is 15.2. The minimum Gasteiger partial charge on any atom is -0.491 e. The van der Waals surface area contributed by atoms with Gasteiger partial charge in [0.05, 0.1) is 10.7 Å². The van der Waals surface area contributed by atoms with Crippen molar-refractivity contribution >= 4 is 28.9 Å². The Morgan fingerprint density at radius 2 is 1.86 bits per heavy atom. The lowest BCUT2D eigenvalue weighted by molar-refractivity contribution is 0.328. The molecule has 2 aromatic carbocycles. The van der Waals surface area contributed by atoms with Gasteiger partial charge in [-0.2, -0.15) is 0 Å². The van der Waals surface area contributed by atoms with Crippen molar-refractivity contribution in [3.63, 3.8) is 0 Å². The molecule has 0 bridgehead atoms. The maximum Gasteiger partial charge on any atom is 0.122 e. The molecule has 112 valence electrons. The number of para-hydroxylation sites is 1. The van der Waals surface area contributed by atoms with E-state index in [0.717, 1.165) is 11.4 Å². The van der Waals surface area contributed by atoms with Crippen LogP contribution in [0.1, 0.15) is 25.3 Å². The van der Waals surface area contributed by atoms with Gasteiger partial charge in [0, 0.05) is 11.6 Å². The van der Waals surface area contributed by atoms with E-state index in [1.54, 1.807) is 12.1 Å². The van der Waals surface area contributed by atoms with E-state index in [-0.39, 0.29) is 0 Å². The Morgan fingerprint density at radius 1 is 1.10 bits per heavy atom. The predicted octanol–water partition coefficient (Wildman–Crippen LogP) is 5.61. The molecular weight excluding hydrogens is 305 g/mol. The lowest BCUT2D eigenvalue weighted by Gasteiger charge is -2.14. The standard InChI is InChI=1S/C17H19Cl2NO/c1-12(2)14-5-3-4-6-17(14)21-10-9-20-16-11-13(18)7-8-15(16)19/h3-8,11-12,20H,9-10H2,1-2H3. The highest BCUT2D eigenvalue weighted by atomic mass is 35.5. The Morgan fingerprint density at radius 3 is 2.62 bits per heavy atom. The SMILES string of the molecule is CC(C)c1ccccc1OCCNc1cc(Cl)ccc1Cl. The summed E-state index contributed by atoms with van der Waals surface area (Å²) in [5.41, 5.74) is 2.04. The second-order valence-corrected chi connectivity index (χ2v) is 5.94. The van der Waals surface area contributed by atoms with Gasteiger partial charge in [-0.1, -0.05) is 55.2 Å². The van der Waals surface area contributed by atoms with E-state index in [1.165, 1.54) is 5.56 Å². The van der Waals surface area contributed by atoms with Crippen molar-refractivity contribution in [1.82, 2.24) is 0 Å². The van der Waals surface area contributed by atoms with E-state index in [4.69, 9.17) is 27.9 Å². The molecule has 1 N–H and O–H groups in total. The molecule has 2 nitrogen and oxygen atoms in total. The first-order valence-corrected chi connectivity index (χ1v) is 7.74. The lowest BCUT2D eigenvalue weighted by atomic mass is 10.0. The summed E-state index contributed by atoms with van der Waals surface area (Å²) >= 11 is 12.0. The van der Waals surface area contributed by atoms with Crippen molar-refractivity contribution in [2.45, 2.75) is 19.8 Å². The molecule has 0 amide bonds. The van der Waals surface area contributed by atoms with Crippen molar-refractivity contribution in [3.05, 3.63) is 58.1 Å². The van der Waals surface area contributed by atoms with E-state index in [1.807, 2.05) is 24.3 Å². The van der Waals surface area contributed by atoms with Gasteiger partial charge >= 0.3 is 0 Å². The van der Waals surface area contributed by atoms with Gasteiger partial charge in [0.1, 0.15) is 12.4 Å². The molecule has 2 rings (SSSR count). The third-order valence-corrected chi connectivity index (χ3v) is 3.71. The van der Waals surface area contributed by atoms with Crippen LogP contribution >= 0.6 is 23.2 Å². The Kier molecular flexibility index (Phi) is 5.77. The highest BCUT2D eigenvalue weighted by Crippen LogP contribution is 2.27. The quantitative estimate of drug-likeness (QED) is 0.698. The molecule has 0 aromatic heterocycles. The predicted molar refractivity (Wildman–Crippen MR) is 91.0 cm³/mol. The number of rotatable bonds is 6. The molecule has 0 spiro atoms. The normalized spacial score (nSPS) is 10.7. The number of nitrogens with one attached hydrogen (secondary N) is 1. The maximum absolute atomic E-state index is 6.10. The molecule has 0 atom stereocenters. The zero-order valence-electron chi connectivity index (χ0n) is 12.2. The summed E-state index contributed by atoms with van der Waals surface area (Å²) in [6.07, 6.45) is 0. The number of anilines is 1. The van der Waals surface area contributed by atoms with Crippen LogP contribution in [0.5, 0.6) is 5.75 Å². The molecule has 2 aromatic rings. The lowest BCUT2D eigenvalue weighted by Crippen LogP contribution is -2.12. The van der Waals surface area contributed by atoms with Crippen LogP contribution in [0.2, 0.25) is 10.0 Å². The van der Waals surface area contributed by atoms with Gasteiger partial charge in [-0.05, 0) is 35.7 Å². The molecule has 0 fully saturated rings. The molecule has 0 aliphatic carbocycles. The number of hydrogen-bond acceptors (Lipinski definition) is 2. The maximum atomic E-state index is 6.10. The van der Waals surface area contributed by atoms with Crippen molar-refractivity contribution in [1.29, 1.82) is 0 Å². The summed E-state index contributed by atoms with van der Waals surface area (Å²) < 4.78 is 5.85. The fourth-order valence-corrected chi connectivity index (χ4v) is 2.43. The van der Waals surface area contributed by atoms with E-state index in [0.29, 0.717) is 29.1 Å². The topological polar surface area (TPSA) is 21.3 Å². The van der Waals surface area contributed by atoms with Crippen molar-refractivity contribution in [2.75, 3.05) is 18.5 Å². The summed E-state index contributed by atoms with van der Waals surface area (Å²) in [7, 11) is 0. The molecule has 0 heterocycles. The Balaban J connectivity index is 1.89. The average molecular weight is 324 g/mol. The fraction of sp³-hybridized carbons (Fsp3) is 0.294. The molecule has 21 heavy (non-hydrogen) atoms. The molecule has 0 radical (unpaired) electrons. The molecule has 0 aliphatic rings. The number of hydrogen-bond donors (Lipinski definition) is 1. The van der Waals surface area contributed by atoms with E-state index >= 15 is 0 Å². The van der Waals surface area contributed by atoms with E-state index in [9.17, 15) is 0 Å². The monoisotopic (exact) mass is 323 g/mol. The van der Waals surface area contributed by atoms with Crippen LogP contribution in [0.4, 0.5) is 5.69 Å². The average Bonchev–Trinajstić information content (AvgIpc) is 2.47. The van der Waals surface area contributed by atoms with Gasteiger partial charge in [0.25, 0.3) is 0 Å². The van der Waals surface area contributed by atoms with Crippen molar-refractivity contribution in [3.8, 4) is 5.75 Å².